The lowest BCUT2D eigenvalue weighted by Crippen LogP contribution is -2.31. The highest BCUT2D eigenvalue weighted by Crippen LogP contribution is 2.30. The number of halogens is 1. The standard InChI is InChI=1S/C16H17FN2O6S/c1-18(9-10-25-14-6-4-3-5-13(14)17)26(22,23)16-8-7-12(19(20)21)11-15(16)24-2/h3-8,11H,9-10H2,1-2H3. The van der Waals surface area contributed by atoms with E-state index >= 15 is 0 Å². The van der Waals surface area contributed by atoms with Crippen molar-refractivity contribution in [2.75, 3.05) is 27.3 Å². The molecule has 0 radical (unpaired) electrons. The van der Waals surface area contributed by atoms with Crippen molar-refractivity contribution in [2.45, 2.75) is 4.90 Å². The van der Waals surface area contributed by atoms with Crippen molar-refractivity contribution in [2.24, 2.45) is 0 Å². The smallest absolute Gasteiger partial charge is 0.273 e. The Morgan fingerprint density at radius 3 is 2.50 bits per heavy atom. The van der Waals surface area contributed by atoms with Gasteiger partial charge in [0.1, 0.15) is 17.3 Å². The van der Waals surface area contributed by atoms with Gasteiger partial charge in [0.25, 0.3) is 5.69 Å². The second-order valence-electron chi connectivity index (χ2n) is 5.20. The summed E-state index contributed by atoms with van der Waals surface area (Å²) in [6.45, 7) is -0.136. The van der Waals surface area contributed by atoms with E-state index in [1.807, 2.05) is 0 Å². The molecule has 140 valence electrons. The zero-order chi connectivity index (χ0) is 19.3. The molecular formula is C16H17FN2O6S. The normalized spacial score (nSPS) is 11.4. The molecule has 8 nitrogen and oxygen atoms in total. The number of methoxy groups -OCH3 is 1. The first kappa shape index (κ1) is 19.6. The van der Waals surface area contributed by atoms with Gasteiger partial charge in [0, 0.05) is 19.7 Å². The maximum Gasteiger partial charge on any atom is 0.273 e. The highest BCUT2D eigenvalue weighted by atomic mass is 32.2. The van der Waals surface area contributed by atoms with Crippen molar-refractivity contribution in [3.63, 3.8) is 0 Å². The maximum absolute atomic E-state index is 13.5. The average molecular weight is 384 g/mol. The summed E-state index contributed by atoms with van der Waals surface area (Å²) >= 11 is 0. The molecular weight excluding hydrogens is 367 g/mol. The Morgan fingerprint density at radius 2 is 1.88 bits per heavy atom. The van der Waals surface area contributed by atoms with Crippen molar-refractivity contribution < 1.29 is 27.2 Å². The van der Waals surface area contributed by atoms with E-state index in [0.29, 0.717) is 0 Å². The minimum absolute atomic E-state index is 0.0196. The van der Waals surface area contributed by atoms with E-state index in [1.165, 1.54) is 32.4 Å². The van der Waals surface area contributed by atoms with Gasteiger partial charge < -0.3 is 9.47 Å². The third-order valence-electron chi connectivity index (χ3n) is 3.55. The number of nitrogens with zero attached hydrogens (tertiary/aromatic N) is 2. The summed E-state index contributed by atoms with van der Waals surface area (Å²) in [7, 11) is -1.43. The molecule has 0 aliphatic heterocycles. The predicted molar refractivity (Wildman–Crippen MR) is 91.4 cm³/mol. The molecule has 2 aromatic carbocycles. The van der Waals surface area contributed by atoms with Crippen LogP contribution in [0.15, 0.2) is 47.4 Å². The van der Waals surface area contributed by atoms with Gasteiger partial charge >= 0.3 is 0 Å². The van der Waals surface area contributed by atoms with Gasteiger partial charge in [0.05, 0.1) is 18.1 Å². The number of ether oxygens (including phenoxy) is 2. The highest BCUT2D eigenvalue weighted by molar-refractivity contribution is 7.89. The quantitative estimate of drug-likeness (QED) is 0.512. The molecule has 0 aliphatic carbocycles. The Balaban J connectivity index is 2.13. The number of hydrogen-bond donors (Lipinski definition) is 0. The van der Waals surface area contributed by atoms with Crippen molar-refractivity contribution in [1.82, 2.24) is 4.31 Å². The molecule has 26 heavy (non-hydrogen) atoms. The molecule has 10 heteroatoms. The van der Waals surface area contributed by atoms with Crippen molar-refractivity contribution in [3.05, 3.63) is 58.4 Å². The number of likely N-dealkylation sites (N-methyl/N-ethyl adjacent to an activating group) is 1. The molecule has 0 bridgehead atoms. The van der Waals surface area contributed by atoms with Crippen LogP contribution < -0.4 is 9.47 Å². The van der Waals surface area contributed by atoms with Crippen molar-refractivity contribution in [1.29, 1.82) is 0 Å². The Bertz CT molecular complexity index is 903. The van der Waals surface area contributed by atoms with Crippen molar-refractivity contribution in [3.8, 4) is 11.5 Å². The molecule has 0 N–H and O–H groups in total. The molecule has 0 atom stereocenters. The van der Waals surface area contributed by atoms with Gasteiger partial charge in [-0.3, -0.25) is 10.1 Å². The first-order valence-electron chi connectivity index (χ1n) is 7.43. The van der Waals surface area contributed by atoms with Gasteiger partial charge in [-0.05, 0) is 18.2 Å². The first-order valence-corrected chi connectivity index (χ1v) is 8.87. The fourth-order valence-corrected chi connectivity index (χ4v) is 3.40. The van der Waals surface area contributed by atoms with Crippen LogP contribution in [0.25, 0.3) is 0 Å². The second kappa shape index (κ2) is 8.11. The van der Waals surface area contributed by atoms with Gasteiger partial charge in [0.2, 0.25) is 10.0 Å². The number of sulfonamides is 1. The zero-order valence-corrected chi connectivity index (χ0v) is 14.9. The third-order valence-corrected chi connectivity index (χ3v) is 5.44. The molecule has 0 aromatic heterocycles. The summed E-state index contributed by atoms with van der Waals surface area (Å²) < 4.78 is 50.0. The summed E-state index contributed by atoms with van der Waals surface area (Å²) in [5.74, 6) is -0.665. The lowest BCUT2D eigenvalue weighted by Gasteiger charge is -2.19. The fourth-order valence-electron chi connectivity index (χ4n) is 2.12. The second-order valence-corrected chi connectivity index (χ2v) is 7.21. The zero-order valence-electron chi connectivity index (χ0n) is 14.1. The van der Waals surface area contributed by atoms with Crippen LogP contribution in [0.1, 0.15) is 0 Å². The van der Waals surface area contributed by atoms with Crippen LogP contribution in [0.2, 0.25) is 0 Å². The number of para-hydroxylation sites is 1. The molecule has 0 aliphatic rings. The number of nitro benzene ring substituents is 1. The monoisotopic (exact) mass is 384 g/mol. The fraction of sp³-hybridized carbons (Fsp3) is 0.250. The minimum atomic E-state index is -3.98. The molecule has 0 unspecified atom stereocenters. The molecule has 0 heterocycles. The molecule has 0 saturated carbocycles. The lowest BCUT2D eigenvalue weighted by molar-refractivity contribution is -0.385. The molecule has 0 amide bonds. The Kier molecular flexibility index (Phi) is 6.11. The van der Waals surface area contributed by atoms with Gasteiger partial charge in [0.15, 0.2) is 11.6 Å². The number of nitro groups is 1. The average Bonchev–Trinajstić information content (AvgIpc) is 2.62. The minimum Gasteiger partial charge on any atom is -0.495 e. The maximum atomic E-state index is 13.5. The van der Waals surface area contributed by atoms with E-state index in [4.69, 9.17) is 9.47 Å². The summed E-state index contributed by atoms with van der Waals surface area (Å²) in [6, 6.07) is 9.01. The van der Waals surface area contributed by atoms with E-state index < -0.39 is 20.8 Å². The number of hydrogen-bond acceptors (Lipinski definition) is 6. The van der Waals surface area contributed by atoms with Gasteiger partial charge in [-0.2, -0.15) is 4.31 Å². The SMILES string of the molecule is COc1cc([N+](=O)[O-])ccc1S(=O)(=O)N(C)CCOc1ccccc1F. The number of rotatable bonds is 8. The van der Waals surface area contributed by atoms with Crippen LogP contribution in [-0.4, -0.2) is 45.0 Å². The van der Waals surface area contributed by atoms with Gasteiger partial charge in [-0.25, -0.2) is 12.8 Å². The largest absolute Gasteiger partial charge is 0.495 e. The Hall–Kier alpha value is -2.72. The molecule has 2 aromatic rings. The Morgan fingerprint density at radius 1 is 1.19 bits per heavy atom. The molecule has 0 spiro atoms. The molecule has 2 rings (SSSR count). The number of benzene rings is 2. The molecule has 0 fully saturated rings. The van der Waals surface area contributed by atoms with E-state index in [0.717, 1.165) is 22.5 Å². The van der Waals surface area contributed by atoms with Crippen LogP contribution in [0.5, 0.6) is 11.5 Å². The van der Waals surface area contributed by atoms with E-state index in [2.05, 4.69) is 0 Å². The summed E-state index contributed by atoms with van der Waals surface area (Å²) in [5, 5.41) is 10.8. The highest BCUT2D eigenvalue weighted by Gasteiger charge is 2.26. The van der Waals surface area contributed by atoms with Crippen LogP contribution >= 0.6 is 0 Å². The summed E-state index contributed by atoms with van der Waals surface area (Å²) in [6.07, 6.45) is 0. The van der Waals surface area contributed by atoms with Gasteiger partial charge in [-0.15, -0.1) is 0 Å². The lowest BCUT2D eigenvalue weighted by atomic mass is 10.3. The van der Waals surface area contributed by atoms with Crippen LogP contribution in [0.4, 0.5) is 10.1 Å². The molecule has 0 saturated heterocycles. The third kappa shape index (κ3) is 4.27. The Labute approximate surface area is 150 Å². The van der Waals surface area contributed by atoms with E-state index in [9.17, 15) is 22.9 Å². The topological polar surface area (TPSA) is 99.0 Å². The van der Waals surface area contributed by atoms with E-state index in [-0.39, 0.29) is 35.2 Å². The van der Waals surface area contributed by atoms with E-state index in [1.54, 1.807) is 6.07 Å². The summed E-state index contributed by atoms with van der Waals surface area (Å²) in [4.78, 5) is 9.95. The first-order chi connectivity index (χ1) is 12.3. The number of non-ortho nitro benzene ring substituents is 1. The van der Waals surface area contributed by atoms with Crippen LogP contribution in [-0.2, 0) is 10.0 Å². The van der Waals surface area contributed by atoms with Crippen LogP contribution in [0.3, 0.4) is 0 Å². The van der Waals surface area contributed by atoms with Crippen LogP contribution in [0, 0.1) is 15.9 Å². The summed E-state index contributed by atoms with van der Waals surface area (Å²) in [5.41, 5.74) is -0.286. The predicted octanol–water partition coefficient (Wildman–Crippen LogP) is 2.44. The van der Waals surface area contributed by atoms with Crippen molar-refractivity contribution >= 4 is 15.7 Å². The van der Waals surface area contributed by atoms with Gasteiger partial charge in [-0.1, -0.05) is 12.1 Å².